The smallest absolute Gasteiger partial charge is 0.154 e. The van der Waals surface area contributed by atoms with Crippen LogP contribution in [-0.2, 0) is 0 Å². The number of rotatable bonds is 6. The van der Waals surface area contributed by atoms with E-state index in [0.717, 1.165) is 24.2 Å². The lowest BCUT2D eigenvalue weighted by Crippen LogP contribution is -1.96. The largest absolute Gasteiger partial charge is 0.327 e. The fraction of sp³-hybridized carbons (Fsp3) is 0.385. The van der Waals surface area contributed by atoms with Crippen molar-refractivity contribution in [3.05, 3.63) is 36.2 Å². The van der Waals surface area contributed by atoms with Crippen molar-refractivity contribution in [2.24, 2.45) is 0 Å². The van der Waals surface area contributed by atoms with Crippen molar-refractivity contribution in [3.63, 3.8) is 0 Å². The monoisotopic (exact) mass is 239 g/mol. The van der Waals surface area contributed by atoms with Crippen molar-refractivity contribution >= 4 is 23.2 Å². The maximum absolute atomic E-state index is 14.0. The van der Waals surface area contributed by atoms with Gasteiger partial charge in [0.15, 0.2) is 5.82 Å². The zero-order valence-corrected chi connectivity index (χ0v) is 10.7. The Morgan fingerprint density at radius 2 is 2.19 bits per heavy atom. The lowest BCUT2D eigenvalue weighted by molar-refractivity contribution is 0.628. The molecular weight excluding hydrogens is 221 g/mol. The molecule has 0 aliphatic heterocycles. The number of halogens is 1. The first-order valence-electron chi connectivity index (χ1n) is 5.55. The summed E-state index contributed by atoms with van der Waals surface area (Å²) < 4.78 is 17.0. The molecule has 0 bridgehead atoms. The van der Waals surface area contributed by atoms with Gasteiger partial charge in [-0.25, -0.2) is 4.39 Å². The molecule has 0 spiro atoms. The summed E-state index contributed by atoms with van der Waals surface area (Å²) in [5.74, 6) is 0.774. The normalized spacial score (nSPS) is 10.2. The van der Waals surface area contributed by atoms with Gasteiger partial charge in [0.1, 0.15) is 0 Å². The predicted molar refractivity (Wildman–Crippen MR) is 72.1 cm³/mol. The second-order valence-corrected chi connectivity index (χ2v) is 4.48. The van der Waals surface area contributed by atoms with Crippen molar-refractivity contribution < 1.29 is 4.39 Å². The van der Waals surface area contributed by atoms with E-state index in [1.165, 1.54) is 11.9 Å². The van der Waals surface area contributed by atoms with E-state index in [0.29, 0.717) is 11.3 Å². The molecule has 1 N–H and O–H groups in total. The maximum Gasteiger partial charge on any atom is 0.154 e. The van der Waals surface area contributed by atoms with E-state index in [-0.39, 0.29) is 5.82 Å². The lowest BCUT2D eigenvalue weighted by atomic mass is 10.0. The van der Waals surface area contributed by atoms with Crippen LogP contribution in [0, 0.1) is 5.82 Å². The summed E-state index contributed by atoms with van der Waals surface area (Å²) >= 11 is 1.53. The van der Waals surface area contributed by atoms with Gasteiger partial charge in [0.05, 0.1) is 5.69 Å². The first-order chi connectivity index (χ1) is 7.70. The van der Waals surface area contributed by atoms with Crippen molar-refractivity contribution in [2.75, 3.05) is 10.5 Å². The van der Waals surface area contributed by atoms with E-state index >= 15 is 0 Å². The molecule has 16 heavy (non-hydrogen) atoms. The first-order valence-corrected chi connectivity index (χ1v) is 6.53. The van der Waals surface area contributed by atoms with Crippen LogP contribution in [0.5, 0.6) is 0 Å². The molecule has 1 nitrogen and oxygen atoms in total. The fourth-order valence-corrected chi connectivity index (χ4v) is 1.92. The van der Waals surface area contributed by atoms with Crippen LogP contribution < -0.4 is 4.72 Å². The van der Waals surface area contributed by atoms with Gasteiger partial charge in [-0.1, -0.05) is 44.5 Å². The first kappa shape index (κ1) is 13.1. The third-order valence-electron chi connectivity index (χ3n) is 2.29. The molecule has 0 unspecified atom stereocenters. The molecule has 0 saturated heterocycles. The molecule has 3 heteroatoms. The Kier molecular flexibility index (Phi) is 5.39. The molecular formula is C13H18FNS. The van der Waals surface area contributed by atoms with E-state index in [9.17, 15) is 4.39 Å². The molecule has 0 fully saturated rings. The van der Waals surface area contributed by atoms with Crippen LogP contribution in [0.1, 0.15) is 32.3 Å². The highest BCUT2D eigenvalue weighted by molar-refractivity contribution is 8.00. The van der Waals surface area contributed by atoms with Gasteiger partial charge in [-0.3, -0.25) is 0 Å². The highest BCUT2D eigenvalue weighted by atomic mass is 32.2. The van der Waals surface area contributed by atoms with Gasteiger partial charge in [-0.2, -0.15) is 0 Å². The van der Waals surface area contributed by atoms with Crippen LogP contribution in [0.3, 0.4) is 0 Å². The zero-order chi connectivity index (χ0) is 12.0. The molecule has 1 aromatic rings. The van der Waals surface area contributed by atoms with E-state index in [2.05, 4.69) is 18.2 Å². The van der Waals surface area contributed by atoms with E-state index in [1.807, 2.05) is 13.0 Å². The summed E-state index contributed by atoms with van der Waals surface area (Å²) in [4.78, 5) is 0. The molecule has 1 rings (SSSR count). The molecule has 0 aromatic heterocycles. The molecule has 0 aliphatic rings. The van der Waals surface area contributed by atoms with Crippen LogP contribution in [-0.4, -0.2) is 5.75 Å². The minimum absolute atomic E-state index is 0.196. The quantitative estimate of drug-likeness (QED) is 0.569. The molecule has 0 atom stereocenters. The zero-order valence-electron chi connectivity index (χ0n) is 9.85. The Bertz CT molecular complexity index is 363. The van der Waals surface area contributed by atoms with Gasteiger partial charge in [-0.15, -0.1) is 0 Å². The average molecular weight is 239 g/mol. The molecule has 0 amide bonds. The SMILES string of the molecule is C=C(CC)c1cccc(NSCCC)c1F. The summed E-state index contributed by atoms with van der Waals surface area (Å²) in [5, 5.41) is 0. The van der Waals surface area contributed by atoms with Crippen molar-refractivity contribution in [3.8, 4) is 0 Å². The Labute approximate surface area is 101 Å². The number of anilines is 1. The van der Waals surface area contributed by atoms with Crippen LogP contribution in [0.15, 0.2) is 24.8 Å². The molecule has 88 valence electrons. The van der Waals surface area contributed by atoms with E-state index in [1.54, 1.807) is 12.1 Å². The summed E-state index contributed by atoms with van der Waals surface area (Å²) in [7, 11) is 0. The Morgan fingerprint density at radius 3 is 2.81 bits per heavy atom. The third kappa shape index (κ3) is 3.27. The minimum atomic E-state index is -0.196. The average Bonchev–Trinajstić information content (AvgIpc) is 2.30. The number of hydrogen-bond acceptors (Lipinski definition) is 2. The molecule has 0 radical (unpaired) electrons. The second kappa shape index (κ2) is 6.59. The highest BCUT2D eigenvalue weighted by Gasteiger charge is 2.09. The molecule has 1 aromatic carbocycles. The maximum atomic E-state index is 14.0. The van der Waals surface area contributed by atoms with Crippen LogP contribution in [0.25, 0.3) is 5.57 Å². The van der Waals surface area contributed by atoms with Crippen molar-refractivity contribution in [1.82, 2.24) is 0 Å². The number of hydrogen-bond donors (Lipinski definition) is 1. The summed E-state index contributed by atoms with van der Waals surface area (Å²) in [6.45, 7) is 7.94. The topological polar surface area (TPSA) is 12.0 Å². The molecule has 0 saturated carbocycles. The van der Waals surface area contributed by atoms with Gasteiger partial charge in [0.2, 0.25) is 0 Å². The van der Waals surface area contributed by atoms with Gasteiger partial charge in [-0.05, 0) is 24.5 Å². The molecule has 0 aliphatic carbocycles. The Morgan fingerprint density at radius 1 is 1.44 bits per heavy atom. The van der Waals surface area contributed by atoms with Crippen molar-refractivity contribution in [2.45, 2.75) is 26.7 Å². The number of nitrogens with one attached hydrogen (secondary N) is 1. The van der Waals surface area contributed by atoms with Gasteiger partial charge >= 0.3 is 0 Å². The van der Waals surface area contributed by atoms with Crippen LogP contribution >= 0.6 is 11.9 Å². The minimum Gasteiger partial charge on any atom is -0.327 e. The fourth-order valence-electron chi connectivity index (χ4n) is 1.31. The highest BCUT2D eigenvalue weighted by Crippen LogP contribution is 2.26. The Hall–Kier alpha value is -0.960. The van der Waals surface area contributed by atoms with Gasteiger partial charge in [0.25, 0.3) is 0 Å². The van der Waals surface area contributed by atoms with Crippen LogP contribution in [0.4, 0.5) is 10.1 Å². The summed E-state index contributed by atoms with van der Waals surface area (Å²) in [6, 6.07) is 5.38. The van der Waals surface area contributed by atoms with E-state index in [4.69, 9.17) is 0 Å². The molecule has 0 heterocycles. The van der Waals surface area contributed by atoms with E-state index < -0.39 is 0 Å². The Balaban J connectivity index is 2.82. The van der Waals surface area contributed by atoms with Crippen molar-refractivity contribution in [1.29, 1.82) is 0 Å². The lowest BCUT2D eigenvalue weighted by Gasteiger charge is -2.10. The standard InChI is InChI=1S/C13H18FNS/c1-4-9-16-15-12-8-6-7-11(13(12)14)10(3)5-2/h6-8,15H,3-5,9H2,1-2H3. The third-order valence-corrected chi connectivity index (χ3v) is 3.27. The number of benzene rings is 1. The predicted octanol–water partition coefficient (Wildman–Crippen LogP) is 4.72. The van der Waals surface area contributed by atoms with Gasteiger partial charge in [0, 0.05) is 11.3 Å². The number of allylic oxidation sites excluding steroid dienone is 1. The second-order valence-electron chi connectivity index (χ2n) is 3.57. The summed E-state index contributed by atoms with van der Waals surface area (Å²) in [6.07, 6.45) is 1.84. The summed E-state index contributed by atoms with van der Waals surface area (Å²) in [5.41, 5.74) is 2.00. The van der Waals surface area contributed by atoms with Crippen LogP contribution in [0.2, 0.25) is 0 Å². The van der Waals surface area contributed by atoms with Gasteiger partial charge < -0.3 is 4.72 Å².